The number of fused-ring (bicyclic) bond motifs is 1. The van der Waals surface area contributed by atoms with Crippen LogP contribution in [0, 0.1) is 17.8 Å². The van der Waals surface area contributed by atoms with Gasteiger partial charge in [-0.1, -0.05) is 26.7 Å². The zero-order chi connectivity index (χ0) is 20.7. The number of nitrogens with one attached hydrogen (secondary N) is 4. The summed E-state index contributed by atoms with van der Waals surface area (Å²) in [7, 11) is 1.55. The molecule has 1 heterocycles. The smallest absolute Gasteiger partial charge is 0.244 e. The van der Waals surface area contributed by atoms with Crippen molar-refractivity contribution in [1.82, 2.24) is 21.4 Å². The van der Waals surface area contributed by atoms with E-state index in [0.29, 0.717) is 24.8 Å². The Kier molecular flexibility index (Phi) is 8.29. The highest BCUT2D eigenvalue weighted by atomic mass is 16.5. The Hall–Kier alpha value is -2.09. The second kappa shape index (κ2) is 10.5. The van der Waals surface area contributed by atoms with Gasteiger partial charge in [-0.2, -0.15) is 0 Å². The van der Waals surface area contributed by atoms with E-state index in [0.717, 1.165) is 12.8 Å². The van der Waals surface area contributed by atoms with Gasteiger partial charge in [0.25, 0.3) is 0 Å². The van der Waals surface area contributed by atoms with Gasteiger partial charge in [0.2, 0.25) is 17.7 Å². The molecule has 28 heavy (non-hydrogen) atoms. The van der Waals surface area contributed by atoms with Gasteiger partial charge < -0.3 is 16.0 Å². The molecule has 0 radical (unpaired) electrons. The Morgan fingerprint density at radius 3 is 2.57 bits per heavy atom. The predicted octanol–water partition coefficient (Wildman–Crippen LogP) is 1.21. The zero-order valence-corrected chi connectivity index (χ0v) is 17.1. The van der Waals surface area contributed by atoms with Crippen molar-refractivity contribution in [2.24, 2.45) is 17.8 Å². The molecule has 8 nitrogen and oxygen atoms in total. The van der Waals surface area contributed by atoms with Gasteiger partial charge in [0, 0.05) is 31.3 Å². The quantitative estimate of drug-likeness (QED) is 0.297. The van der Waals surface area contributed by atoms with E-state index in [1.807, 2.05) is 20.0 Å². The van der Waals surface area contributed by atoms with Crippen LogP contribution in [0.5, 0.6) is 0 Å². The molecule has 0 aromatic rings. The Morgan fingerprint density at radius 1 is 1.21 bits per heavy atom. The molecule has 1 aliphatic heterocycles. The van der Waals surface area contributed by atoms with Crippen molar-refractivity contribution in [3.05, 3.63) is 11.8 Å². The van der Waals surface area contributed by atoms with Gasteiger partial charge >= 0.3 is 0 Å². The maximum atomic E-state index is 12.8. The van der Waals surface area contributed by atoms with Crippen LogP contribution in [0.4, 0.5) is 0 Å². The molecule has 0 spiro atoms. The largest absolute Gasteiger partial charge is 0.388 e. The van der Waals surface area contributed by atoms with Crippen LogP contribution in [-0.4, -0.2) is 42.1 Å². The summed E-state index contributed by atoms with van der Waals surface area (Å²) in [5.41, 5.74) is 2.76. The van der Waals surface area contributed by atoms with Crippen molar-refractivity contribution in [2.45, 2.75) is 70.9 Å². The van der Waals surface area contributed by atoms with E-state index in [9.17, 15) is 14.4 Å². The molecule has 2 aliphatic rings. The first-order valence-electron chi connectivity index (χ1n) is 10.3. The van der Waals surface area contributed by atoms with Gasteiger partial charge in [0.05, 0.1) is 0 Å². The van der Waals surface area contributed by atoms with Gasteiger partial charge in [-0.25, -0.2) is 5.48 Å². The van der Waals surface area contributed by atoms with Crippen LogP contribution in [0.25, 0.3) is 0 Å². The van der Waals surface area contributed by atoms with Crippen molar-refractivity contribution < 1.29 is 19.6 Å². The lowest BCUT2D eigenvalue weighted by Gasteiger charge is -2.29. The fraction of sp³-hybridized carbons (Fsp3) is 0.750. The van der Waals surface area contributed by atoms with Gasteiger partial charge in [-0.15, -0.1) is 0 Å². The minimum absolute atomic E-state index is 0.115. The molecule has 0 aromatic heterocycles. The molecule has 158 valence electrons. The predicted molar refractivity (Wildman–Crippen MR) is 105 cm³/mol. The molecule has 0 saturated heterocycles. The number of likely N-dealkylation sites (N-methyl/N-ethyl adjacent to an activating group) is 1. The van der Waals surface area contributed by atoms with Crippen molar-refractivity contribution in [2.75, 3.05) is 7.05 Å². The molecule has 3 amide bonds. The summed E-state index contributed by atoms with van der Waals surface area (Å²) in [6, 6.07) is -0.246. The summed E-state index contributed by atoms with van der Waals surface area (Å²) < 4.78 is 0. The minimum atomic E-state index is -0.682. The van der Waals surface area contributed by atoms with Crippen molar-refractivity contribution in [3.8, 4) is 0 Å². The maximum absolute atomic E-state index is 12.8. The summed E-state index contributed by atoms with van der Waals surface area (Å²) in [4.78, 5) is 36.8. The number of hydrogen-bond donors (Lipinski definition) is 5. The third kappa shape index (κ3) is 5.95. The summed E-state index contributed by atoms with van der Waals surface area (Å²) >= 11 is 0. The standard InChI is InChI=1S/C20H34N4O4/c1-12(2)8-13(10-18(25)24-28)19(26)23-17(20(27)21-3)9-14-11-22-16-7-5-4-6-15(14)16/h11-13,15-17,22,28H,4-10H2,1-3H3,(H,21,27)(H,23,26)(H,24,25). The average molecular weight is 395 g/mol. The van der Waals surface area contributed by atoms with Crippen LogP contribution >= 0.6 is 0 Å². The fourth-order valence-corrected chi connectivity index (χ4v) is 4.34. The number of rotatable bonds is 9. The number of hydrogen-bond acceptors (Lipinski definition) is 5. The van der Waals surface area contributed by atoms with E-state index in [4.69, 9.17) is 5.21 Å². The maximum Gasteiger partial charge on any atom is 0.244 e. The van der Waals surface area contributed by atoms with Gasteiger partial charge in [-0.05, 0) is 43.4 Å². The Balaban J connectivity index is 2.06. The molecule has 0 bridgehead atoms. The van der Waals surface area contributed by atoms with Crippen molar-refractivity contribution in [1.29, 1.82) is 0 Å². The van der Waals surface area contributed by atoms with Gasteiger partial charge in [0.15, 0.2) is 0 Å². The number of hydroxylamine groups is 1. The molecule has 4 atom stereocenters. The van der Waals surface area contributed by atoms with E-state index in [1.165, 1.54) is 18.4 Å². The lowest BCUT2D eigenvalue weighted by molar-refractivity contribution is -0.136. The first kappa shape index (κ1) is 22.2. The third-order valence-corrected chi connectivity index (χ3v) is 5.73. The number of carbonyl (C=O) groups excluding carboxylic acids is 3. The van der Waals surface area contributed by atoms with E-state index in [1.54, 1.807) is 12.5 Å². The summed E-state index contributed by atoms with van der Waals surface area (Å²) in [5, 5.41) is 17.7. The lowest BCUT2D eigenvalue weighted by Crippen LogP contribution is -2.48. The Labute approximate surface area is 166 Å². The summed E-state index contributed by atoms with van der Waals surface area (Å²) in [6.45, 7) is 3.93. The molecule has 1 aliphatic carbocycles. The topological polar surface area (TPSA) is 120 Å². The number of amides is 3. The SMILES string of the molecule is CNC(=O)C(CC1=CNC2CCCCC12)NC(=O)C(CC(=O)NO)CC(C)C. The Morgan fingerprint density at radius 2 is 1.93 bits per heavy atom. The van der Waals surface area contributed by atoms with Crippen LogP contribution in [0.15, 0.2) is 11.8 Å². The molecule has 1 fully saturated rings. The second-order valence-electron chi connectivity index (χ2n) is 8.33. The first-order valence-corrected chi connectivity index (χ1v) is 10.3. The van der Waals surface area contributed by atoms with E-state index >= 15 is 0 Å². The number of carbonyl (C=O) groups is 3. The third-order valence-electron chi connectivity index (χ3n) is 5.73. The van der Waals surface area contributed by atoms with Crippen molar-refractivity contribution in [3.63, 3.8) is 0 Å². The van der Waals surface area contributed by atoms with Crippen molar-refractivity contribution >= 4 is 17.7 Å². The first-order chi connectivity index (χ1) is 13.3. The van der Waals surface area contributed by atoms with Crippen LogP contribution in [0.2, 0.25) is 0 Å². The summed E-state index contributed by atoms with van der Waals surface area (Å²) in [6.07, 6.45) is 7.48. The van der Waals surface area contributed by atoms with Crippen LogP contribution in [-0.2, 0) is 14.4 Å². The average Bonchev–Trinajstić information content (AvgIpc) is 3.08. The van der Waals surface area contributed by atoms with E-state index < -0.39 is 17.9 Å². The van der Waals surface area contributed by atoms with Crippen LogP contribution in [0.3, 0.4) is 0 Å². The van der Waals surface area contributed by atoms with E-state index in [-0.39, 0.29) is 24.2 Å². The molecular weight excluding hydrogens is 360 g/mol. The fourth-order valence-electron chi connectivity index (χ4n) is 4.34. The van der Waals surface area contributed by atoms with Gasteiger partial charge in [-0.3, -0.25) is 19.6 Å². The van der Waals surface area contributed by atoms with Gasteiger partial charge in [0.1, 0.15) is 6.04 Å². The zero-order valence-electron chi connectivity index (χ0n) is 17.1. The molecule has 4 unspecified atom stereocenters. The molecule has 8 heteroatoms. The summed E-state index contributed by atoms with van der Waals surface area (Å²) in [5.74, 6) is -1.17. The monoisotopic (exact) mass is 394 g/mol. The molecule has 2 rings (SSSR count). The van der Waals surface area contributed by atoms with E-state index in [2.05, 4.69) is 16.0 Å². The molecule has 0 aromatic carbocycles. The normalized spacial score (nSPS) is 23.1. The Bertz CT molecular complexity index is 605. The highest BCUT2D eigenvalue weighted by molar-refractivity contribution is 5.90. The molecular formula is C20H34N4O4. The second-order valence-corrected chi connectivity index (χ2v) is 8.33. The highest BCUT2D eigenvalue weighted by Gasteiger charge is 2.35. The van der Waals surface area contributed by atoms with Crippen LogP contribution in [0.1, 0.15) is 58.8 Å². The molecule has 5 N–H and O–H groups in total. The molecule has 1 saturated carbocycles. The minimum Gasteiger partial charge on any atom is -0.388 e. The highest BCUT2D eigenvalue weighted by Crippen LogP contribution is 2.35. The van der Waals surface area contributed by atoms with Crippen LogP contribution < -0.4 is 21.4 Å². The lowest BCUT2D eigenvalue weighted by atomic mass is 9.80.